The first-order valence-electron chi connectivity index (χ1n) is 10.6. The van der Waals surface area contributed by atoms with E-state index in [1.54, 1.807) is 10.9 Å². The van der Waals surface area contributed by atoms with Crippen LogP contribution in [0.3, 0.4) is 0 Å². The van der Waals surface area contributed by atoms with Gasteiger partial charge in [-0.1, -0.05) is 18.1 Å². The quantitative estimate of drug-likeness (QED) is 0.827. The highest BCUT2D eigenvalue weighted by Gasteiger charge is 2.42. The maximum atomic E-state index is 13.3. The fourth-order valence-corrected chi connectivity index (χ4v) is 4.94. The van der Waals surface area contributed by atoms with Gasteiger partial charge in [0.2, 0.25) is 5.91 Å². The van der Waals surface area contributed by atoms with E-state index in [9.17, 15) is 9.59 Å². The summed E-state index contributed by atoms with van der Waals surface area (Å²) in [7, 11) is 0. The molecule has 3 aliphatic carbocycles. The van der Waals surface area contributed by atoms with Crippen molar-refractivity contribution in [1.29, 1.82) is 0 Å². The van der Waals surface area contributed by atoms with Gasteiger partial charge in [0.15, 0.2) is 5.69 Å². The van der Waals surface area contributed by atoms with Crippen LogP contribution in [0.4, 0.5) is 0 Å². The first-order chi connectivity index (χ1) is 13.5. The Morgan fingerprint density at radius 3 is 2.71 bits per heavy atom. The van der Waals surface area contributed by atoms with Gasteiger partial charge < -0.3 is 15.0 Å². The third-order valence-electron chi connectivity index (χ3n) is 6.65. The second kappa shape index (κ2) is 8.19. The molecule has 154 valence electrons. The topological polar surface area (TPSA) is 89.4 Å². The van der Waals surface area contributed by atoms with Gasteiger partial charge in [-0.05, 0) is 44.9 Å². The number of ether oxygens (including phenoxy) is 1. The molecule has 5 rings (SSSR count). The van der Waals surface area contributed by atoms with Gasteiger partial charge in [0, 0.05) is 25.0 Å². The lowest BCUT2D eigenvalue weighted by Gasteiger charge is -2.45. The predicted molar refractivity (Wildman–Crippen MR) is 103 cm³/mol. The molecule has 2 amide bonds. The number of amides is 2. The van der Waals surface area contributed by atoms with E-state index in [0.29, 0.717) is 37.9 Å². The van der Waals surface area contributed by atoms with Gasteiger partial charge in [0.05, 0.1) is 25.5 Å². The second-order valence-electron chi connectivity index (χ2n) is 8.77. The van der Waals surface area contributed by atoms with E-state index >= 15 is 0 Å². The molecule has 4 aliphatic rings. The summed E-state index contributed by atoms with van der Waals surface area (Å²) in [5, 5.41) is 10.8. The van der Waals surface area contributed by atoms with Gasteiger partial charge in [-0.3, -0.25) is 9.59 Å². The molecule has 0 radical (unpaired) electrons. The van der Waals surface area contributed by atoms with Crippen LogP contribution in [0.25, 0.3) is 0 Å². The van der Waals surface area contributed by atoms with Crippen molar-refractivity contribution in [3.05, 3.63) is 11.9 Å². The first kappa shape index (κ1) is 19.4. The van der Waals surface area contributed by atoms with Gasteiger partial charge in [-0.15, -0.1) is 5.10 Å². The number of carbonyl (C=O) groups is 2. The standard InChI is InChI=1S/C20H31N5O3/c1-13(2)25-11-18(22-23-25)19(26)21-10-16-12-28-8-7-24(16)20(27)17-9-14-3-5-15(17)6-4-14/h11,13-17H,3-10,12H2,1-2H3,(H,21,26). The van der Waals surface area contributed by atoms with Crippen molar-refractivity contribution < 1.29 is 14.3 Å². The van der Waals surface area contributed by atoms with Crippen LogP contribution in [0.2, 0.25) is 0 Å². The molecule has 0 spiro atoms. The molecule has 2 heterocycles. The van der Waals surface area contributed by atoms with Crippen LogP contribution in [0.15, 0.2) is 6.20 Å². The Morgan fingerprint density at radius 2 is 2.07 bits per heavy atom. The van der Waals surface area contributed by atoms with Gasteiger partial charge in [-0.2, -0.15) is 0 Å². The maximum Gasteiger partial charge on any atom is 0.273 e. The van der Waals surface area contributed by atoms with Crippen LogP contribution in [-0.4, -0.2) is 64.1 Å². The summed E-state index contributed by atoms with van der Waals surface area (Å²) in [4.78, 5) is 27.7. The van der Waals surface area contributed by atoms with Crippen molar-refractivity contribution in [2.24, 2.45) is 17.8 Å². The highest BCUT2D eigenvalue weighted by molar-refractivity contribution is 5.91. The summed E-state index contributed by atoms with van der Waals surface area (Å²) >= 11 is 0. The molecule has 1 N–H and O–H groups in total. The van der Waals surface area contributed by atoms with Crippen LogP contribution < -0.4 is 5.32 Å². The largest absolute Gasteiger partial charge is 0.377 e. The highest BCUT2D eigenvalue weighted by Crippen LogP contribution is 2.45. The van der Waals surface area contributed by atoms with E-state index in [2.05, 4.69) is 15.6 Å². The van der Waals surface area contributed by atoms with Crippen molar-refractivity contribution in [2.45, 2.75) is 58.0 Å². The number of nitrogens with one attached hydrogen (secondary N) is 1. The van der Waals surface area contributed by atoms with E-state index in [0.717, 1.165) is 12.3 Å². The number of morpholine rings is 1. The molecule has 2 atom stereocenters. The molecule has 28 heavy (non-hydrogen) atoms. The van der Waals surface area contributed by atoms with E-state index in [1.165, 1.54) is 25.7 Å². The Morgan fingerprint density at radius 1 is 1.29 bits per heavy atom. The molecule has 1 aliphatic heterocycles. The van der Waals surface area contributed by atoms with Crippen molar-refractivity contribution in [1.82, 2.24) is 25.2 Å². The number of aromatic nitrogens is 3. The lowest BCUT2D eigenvalue weighted by Crippen LogP contribution is -2.56. The third-order valence-corrected chi connectivity index (χ3v) is 6.65. The van der Waals surface area contributed by atoms with Crippen LogP contribution in [0, 0.1) is 17.8 Å². The minimum Gasteiger partial charge on any atom is -0.377 e. The minimum absolute atomic E-state index is 0.120. The van der Waals surface area contributed by atoms with Crippen LogP contribution in [0.5, 0.6) is 0 Å². The van der Waals surface area contributed by atoms with Crippen LogP contribution in [0.1, 0.15) is 62.5 Å². The Kier molecular flexibility index (Phi) is 5.66. The van der Waals surface area contributed by atoms with Gasteiger partial charge in [0.25, 0.3) is 5.91 Å². The molecular weight excluding hydrogens is 358 g/mol. The summed E-state index contributed by atoms with van der Waals surface area (Å²) < 4.78 is 7.27. The number of rotatable bonds is 5. The van der Waals surface area contributed by atoms with Crippen LogP contribution in [-0.2, 0) is 9.53 Å². The average Bonchev–Trinajstić information content (AvgIpc) is 3.23. The molecular formula is C20H31N5O3. The zero-order valence-electron chi connectivity index (χ0n) is 16.8. The molecule has 2 unspecified atom stereocenters. The van der Waals surface area contributed by atoms with Gasteiger partial charge in [-0.25, -0.2) is 4.68 Å². The molecule has 1 aromatic heterocycles. The Bertz CT molecular complexity index is 710. The Balaban J connectivity index is 1.37. The molecule has 1 aromatic rings. The fraction of sp³-hybridized carbons (Fsp3) is 0.800. The summed E-state index contributed by atoms with van der Waals surface area (Å²) in [5.74, 6) is 1.43. The van der Waals surface area contributed by atoms with Crippen molar-refractivity contribution in [3.8, 4) is 0 Å². The van der Waals surface area contributed by atoms with E-state index < -0.39 is 0 Å². The number of nitrogens with zero attached hydrogens (tertiary/aromatic N) is 4. The summed E-state index contributed by atoms with van der Waals surface area (Å²) in [5.41, 5.74) is 0.299. The average molecular weight is 390 g/mol. The van der Waals surface area contributed by atoms with Crippen LogP contribution >= 0.6 is 0 Å². The predicted octanol–water partition coefficient (Wildman–Crippen LogP) is 1.64. The number of carbonyl (C=O) groups excluding carboxylic acids is 2. The number of fused-ring (bicyclic) bond motifs is 3. The SMILES string of the molecule is CC(C)n1cc(C(=O)NCC2COCCN2C(=O)C2CC3CCC2CC3)nn1. The lowest BCUT2D eigenvalue weighted by atomic mass is 9.64. The molecule has 8 heteroatoms. The molecule has 3 saturated carbocycles. The molecule has 0 aromatic carbocycles. The fourth-order valence-electron chi connectivity index (χ4n) is 4.94. The maximum absolute atomic E-state index is 13.3. The minimum atomic E-state index is -0.262. The molecule has 8 nitrogen and oxygen atoms in total. The smallest absolute Gasteiger partial charge is 0.273 e. The molecule has 2 bridgehead atoms. The van der Waals surface area contributed by atoms with Crippen molar-refractivity contribution in [3.63, 3.8) is 0 Å². The highest BCUT2D eigenvalue weighted by atomic mass is 16.5. The second-order valence-corrected chi connectivity index (χ2v) is 8.77. The molecule has 4 fully saturated rings. The summed E-state index contributed by atoms with van der Waals surface area (Å²) in [6.07, 6.45) is 7.65. The normalized spacial score (nSPS) is 29.9. The van der Waals surface area contributed by atoms with E-state index in [-0.39, 0.29) is 29.8 Å². The summed E-state index contributed by atoms with van der Waals surface area (Å²) in [6.45, 7) is 5.98. The Labute approximate surface area is 166 Å². The first-order valence-corrected chi connectivity index (χ1v) is 10.6. The van der Waals surface area contributed by atoms with Crippen molar-refractivity contribution in [2.75, 3.05) is 26.3 Å². The van der Waals surface area contributed by atoms with Gasteiger partial charge >= 0.3 is 0 Å². The zero-order valence-corrected chi connectivity index (χ0v) is 16.8. The lowest BCUT2D eigenvalue weighted by molar-refractivity contribution is -0.149. The summed E-state index contributed by atoms with van der Waals surface area (Å²) in [6, 6.07) is 0.0329. The monoisotopic (exact) mass is 389 g/mol. The Hall–Kier alpha value is -1.96. The van der Waals surface area contributed by atoms with E-state index in [1.807, 2.05) is 18.7 Å². The number of hydrogen-bond acceptors (Lipinski definition) is 5. The van der Waals surface area contributed by atoms with Gasteiger partial charge in [0.1, 0.15) is 0 Å². The molecule has 1 saturated heterocycles. The van der Waals surface area contributed by atoms with E-state index in [4.69, 9.17) is 4.74 Å². The zero-order chi connectivity index (χ0) is 19.7. The number of hydrogen-bond donors (Lipinski definition) is 1. The van der Waals surface area contributed by atoms with Crippen molar-refractivity contribution >= 4 is 11.8 Å². The third kappa shape index (κ3) is 3.92.